The molecule has 2 saturated heterocycles. The number of nitrogens with one attached hydrogen (secondary N) is 1. The van der Waals surface area contributed by atoms with Gasteiger partial charge in [-0.2, -0.15) is 4.31 Å². The van der Waals surface area contributed by atoms with Gasteiger partial charge in [-0.25, -0.2) is 8.42 Å². The number of carbonyl (C=O) groups excluding carboxylic acids is 1. The number of ether oxygens (including phenoxy) is 1. The maximum absolute atomic E-state index is 13.1. The van der Waals surface area contributed by atoms with Crippen LogP contribution in [0.4, 0.5) is 0 Å². The van der Waals surface area contributed by atoms with Gasteiger partial charge < -0.3 is 10.1 Å². The number of amides is 1. The summed E-state index contributed by atoms with van der Waals surface area (Å²) in [5, 5.41) is 2.92. The molecule has 0 bridgehead atoms. The van der Waals surface area contributed by atoms with Gasteiger partial charge in [-0.05, 0) is 50.4 Å². The minimum Gasteiger partial charge on any atom is -0.379 e. The molecule has 0 spiro atoms. The van der Waals surface area contributed by atoms with Gasteiger partial charge in [-0.15, -0.1) is 0 Å². The maximum atomic E-state index is 13.1. The van der Waals surface area contributed by atoms with Crippen LogP contribution in [0.5, 0.6) is 0 Å². The van der Waals surface area contributed by atoms with Crippen molar-refractivity contribution in [2.24, 2.45) is 0 Å². The monoisotopic (exact) mass is 423 g/mol. The number of hydrogen-bond donors (Lipinski definition) is 1. The summed E-state index contributed by atoms with van der Waals surface area (Å²) in [5.74, 6) is -0.223. The number of hydrogen-bond acceptors (Lipinski definition) is 5. The summed E-state index contributed by atoms with van der Waals surface area (Å²) >= 11 is 0. The average molecular weight is 424 g/mol. The largest absolute Gasteiger partial charge is 0.379 e. The van der Waals surface area contributed by atoms with E-state index in [9.17, 15) is 13.2 Å². The first-order valence-corrected chi connectivity index (χ1v) is 12.1. The normalized spacial score (nSPS) is 19.6. The van der Waals surface area contributed by atoms with E-state index in [1.165, 1.54) is 6.07 Å². The van der Waals surface area contributed by atoms with Crippen LogP contribution in [-0.4, -0.2) is 76.0 Å². The van der Waals surface area contributed by atoms with Crippen LogP contribution < -0.4 is 5.32 Å². The first kappa shape index (κ1) is 22.2. The zero-order valence-electron chi connectivity index (χ0n) is 17.4. The molecule has 1 N–H and O–H groups in total. The van der Waals surface area contributed by atoms with Crippen molar-refractivity contribution in [1.82, 2.24) is 14.5 Å². The van der Waals surface area contributed by atoms with Gasteiger partial charge in [0, 0.05) is 38.3 Å². The highest BCUT2D eigenvalue weighted by molar-refractivity contribution is 7.89. The fourth-order valence-corrected chi connectivity index (χ4v) is 5.64. The second kappa shape index (κ2) is 10.5. The molecule has 7 nitrogen and oxygen atoms in total. The lowest BCUT2D eigenvalue weighted by molar-refractivity contribution is 0.0374. The Kier molecular flexibility index (Phi) is 8.06. The molecule has 3 rings (SSSR count). The SMILES string of the molecule is Cc1ccc(C(=O)NCCCN2CCOCC2)cc1S(=O)(=O)N1CCCCCC1. The van der Waals surface area contributed by atoms with E-state index >= 15 is 0 Å². The third-order valence-corrected chi connectivity index (χ3v) is 7.71. The third-order valence-electron chi connectivity index (χ3n) is 5.67. The minimum atomic E-state index is -3.58. The van der Waals surface area contributed by atoms with Gasteiger partial charge >= 0.3 is 0 Å². The summed E-state index contributed by atoms with van der Waals surface area (Å²) in [6.07, 6.45) is 4.77. The highest BCUT2D eigenvalue weighted by Crippen LogP contribution is 2.24. The van der Waals surface area contributed by atoms with Crippen LogP contribution in [0.3, 0.4) is 0 Å². The molecule has 1 aromatic carbocycles. The summed E-state index contributed by atoms with van der Waals surface area (Å²) in [6.45, 7) is 7.79. The molecule has 0 aromatic heterocycles. The quantitative estimate of drug-likeness (QED) is 0.679. The molecule has 2 aliphatic rings. The Bertz CT molecular complexity index is 783. The molecule has 162 valence electrons. The van der Waals surface area contributed by atoms with E-state index in [2.05, 4.69) is 10.2 Å². The number of rotatable bonds is 7. The first-order valence-electron chi connectivity index (χ1n) is 10.7. The molecule has 0 unspecified atom stereocenters. The van der Waals surface area contributed by atoms with Gasteiger partial charge in [0.1, 0.15) is 0 Å². The van der Waals surface area contributed by atoms with Crippen LogP contribution >= 0.6 is 0 Å². The maximum Gasteiger partial charge on any atom is 0.251 e. The number of benzene rings is 1. The minimum absolute atomic E-state index is 0.223. The topological polar surface area (TPSA) is 79.0 Å². The Labute approximate surface area is 174 Å². The Balaban J connectivity index is 1.60. The van der Waals surface area contributed by atoms with E-state index in [1.54, 1.807) is 23.4 Å². The average Bonchev–Trinajstić information content (AvgIpc) is 3.02. The molecular weight excluding hydrogens is 390 g/mol. The van der Waals surface area contributed by atoms with Crippen LogP contribution in [0.25, 0.3) is 0 Å². The van der Waals surface area contributed by atoms with Crippen LogP contribution in [-0.2, 0) is 14.8 Å². The molecule has 0 saturated carbocycles. The molecule has 8 heteroatoms. The number of sulfonamides is 1. The Morgan fingerprint density at radius 2 is 1.76 bits per heavy atom. The lowest BCUT2D eigenvalue weighted by Gasteiger charge is -2.26. The van der Waals surface area contributed by atoms with Crippen molar-refractivity contribution >= 4 is 15.9 Å². The standard InChI is InChI=1S/C21H33N3O4S/c1-18-7-8-19(21(25)22-9-6-10-23-13-15-28-16-14-23)17-20(18)29(26,27)24-11-4-2-3-5-12-24/h7-8,17H,2-6,9-16H2,1H3,(H,22,25). The van der Waals surface area contributed by atoms with Crippen LogP contribution in [0.1, 0.15) is 48.0 Å². The van der Waals surface area contributed by atoms with Gasteiger partial charge in [0.15, 0.2) is 0 Å². The second-order valence-corrected chi connectivity index (χ2v) is 9.77. The van der Waals surface area contributed by atoms with Crippen molar-refractivity contribution in [3.8, 4) is 0 Å². The molecule has 0 atom stereocenters. The van der Waals surface area contributed by atoms with Gasteiger partial charge in [0.2, 0.25) is 10.0 Å². The van der Waals surface area contributed by atoms with Crippen LogP contribution in [0.2, 0.25) is 0 Å². The van der Waals surface area contributed by atoms with E-state index in [1.807, 2.05) is 0 Å². The van der Waals surface area contributed by atoms with Crippen molar-refractivity contribution in [1.29, 1.82) is 0 Å². The van der Waals surface area contributed by atoms with Crippen molar-refractivity contribution in [3.63, 3.8) is 0 Å². The Morgan fingerprint density at radius 1 is 1.07 bits per heavy atom. The van der Waals surface area contributed by atoms with Crippen molar-refractivity contribution in [2.45, 2.75) is 43.9 Å². The molecule has 29 heavy (non-hydrogen) atoms. The molecule has 0 aliphatic carbocycles. The number of aryl methyl sites for hydroxylation is 1. The number of nitrogens with zero attached hydrogens (tertiary/aromatic N) is 2. The van der Waals surface area contributed by atoms with Crippen molar-refractivity contribution in [3.05, 3.63) is 29.3 Å². The highest BCUT2D eigenvalue weighted by Gasteiger charge is 2.27. The zero-order valence-corrected chi connectivity index (χ0v) is 18.2. The number of morpholine rings is 1. The molecule has 2 aliphatic heterocycles. The molecule has 1 aromatic rings. The van der Waals surface area contributed by atoms with Gasteiger partial charge in [0.25, 0.3) is 5.91 Å². The van der Waals surface area contributed by atoms with Crippen molar-refractivity contribution in [2.75, 3.05) is 52.5 Å². The van der Waals surface area contributed by atoms with E-state index < -0.39 is 10.0 Å². The predicted molar refractivity (Wildman–Crippen MR) is 113 cm³/mol. The summed E-state index contributed by atoms with van der Waals surface area (Å²) in [5.41, 5.74) is 1.08. The summed E-state index contributed by atoms with van der Waals surface area (Å²) in [7, 11) is -3.58. The van der Waals surface area contributed by atoms with Crippen LogP contribution in [0, 0.1) is 6.92 Å². The molecule has 1 amide bonds. The molecule has 0 radical (unpaired) electrons. The van der Waals surface area contributed by atoms with E-state index in [0.717, 1.165) is 65.0 Å². The van der Waals surface area contributed by atoms with Crippen LogP contribution in [0.15, 0.2) is 23.1 Å². The van der Waals surface area contributed by atoms with Gasteiger partial charge in [0.05, 0.1) is 18.1 Å². The van der Waals surface area contributed by atoms with Gasteiger partial charge in [-0.1, -0.05) is 18.9 Å². The Morgan fingerprint density at radius 3 is 2.45 bits per heavy atom. The summed E-state index contributed by atoms with van der Waals surface area (Å²) in [4.78, 5) is 15.1. The second-order valence-electron chi connectivity index (χ2n) is 7.86. The smallest absolute Gasteiger partial charge is 0.251 e. The van der Waals surface area contributed by atoms with Crippen molar-refractivity contribution < 1.29 is 17.9 Å². The third kappa shape index (κ3) is 6.01. The molecular formula is C21H33N3O4S. The zero-order chi connectivity index (χ0) is 20.7. The lowest BCUT2D eigenvalue weighted by atomic mass is 10.1. The Hall–Kier alpha value is -1.48. The summed E-state index contributed by atoms with van der Waals surface area (Å²) in [6, 6.07) is 4.97. The summed E-state index contributed by atoms with van der Waals surface area (Å²) < 4.78 is 33.2. The fourth-order valence-electron chi connectivity index (χ4n) is 3.87. The fraction of sp³-hybridized carbons (Fsp3) is 0.667. The van der Waals surface area contributed by atoms with E-state index in [4.69, 9.17) is 4.74 Å². The van der Waals surface area contributed by atoms with E-state index in [-0.39, 0.29) is 10.8 Å². The molecule has 2 fully saturated rings. The molecule has 2 heterocycles. The highest BCUT2D eigenvalue weighted by atomic mass is 32.2. The predicted octanol–water partition coefficient (Wildman–Crippen LogP) is 2.01. The first-order chi connectivity index (χ1) is 14.0. The van der Waals surface area contributed by atoms with E-state index in [0.29, 0.717) is 30.8 Å². The van der Waals surface area contributed by atoms with Gasteiger partial charge in [-0.3, -0.25) is 9.69 Å². The lowest BCUT2D eigenvalue weighted by Crippen LogP contribution is -2.38. The number of carbonyl (C=O) groups is 1.